The lowest BCUT2D eigenvalue weighted by Gasteiger charge is -2.10. The Morgan fingerprint density at radius 1 is 1.28 bits per heavy atom. The summed E-state index contributed by atoms with van der Waals surface area (Å²) in [6.07, 6.45) is 1.19. The summed E-state index contributed by atoms with van der Waals surface area (Å²) in [7, 11) is 0. The monoisotopic (exact) mass is 400 g/mol. The maximum Gasteiger partial charge on any atom is 0.272 e. The predicted octanol–water partition coefficient (Wildman–Crippen LogP) is 4.82. The lowest BCUT2D eigenvalue weighted by Crippen LogP contribution is -2.18. The van der Waals surface area contributed by atoms with Gasteiger partial charge in [0.2, 0.25) is 0 Å². The van der Waals surface area contributed by atoms with Crippen LogP contribution in [0, 0.1) is 6.92 Å². The van der Waals surface area contributed by atoms with Crippen LogP contribution in [0.15, 0.2) is 29.4 Å². The molecule has 0 unspecified atom stereocenters. The first-order chi connectivity index (χ1) is 11.8. The summed E-state index contributed by atoms with van der Waals surface area (Å²) >= 11 is 18.1. The lowest BCUT2D eigenvalue weighted by atomic mass is 10.1. The Bertz CT molecular complexity index is 838. The number of amides is 1. The number of nitrogens with zero attached hydrogens (tertiary/aromatic N) is 1. The molecule has 0 aromatic heterocycles. The fraction of sp³-hybridized carbons (Fsp3) is 0.176. The number of ether oxygens (including phenoxy) is 1. The van der Waals surface area contributed by atoms with Gasteiger partial charge in [0.15, 0.2) is 11.5 Å². The zero-order valence-corrected chi connectivity index (χ0v) is 15.7. The van der Waals surface area contributed by atoms with E-state index in [0.29, 0.717) is 11.6 Å². The van der Waals surface area contributed by atoms with Crippen molar-refractivity contribution in [2.24, 2.45) is 5.10 Å². The van der Waals surface area contributed by atoms with E-state index >= 15 is 0 Å². The molecule has 2 aromatic carbocycles. The van der Waals surface area contributed by atoms with Gasteiger partial charge >= 0.3 is 0 Å². The van der Waals surface area contributed by atoms with E-state index in [1.165, 1.54) is 12.3 Å². The van der Waals surface area contributed by atoms with E-state index in [-0.39, 0.29) is 32.7 Å². The number of carbonyl (C=O) groups excluding carboxylic acids is 1. The highest BCUT2D eigenvalue weighted by Crippen LogP contribution is 2.39. The van der Waals surface area contributed by atoms with E-state index in [4.69, 9.17) is 39.5 Å². The van der Waals surface area contributed by atoms with Gasteiger partial charge in [-0.3, -0.25) is 4.79 Å². The molecule has 1 amide bonds. The minimum absolute atomic E-state index is 0.0917. The molecule has 5 nitrogen and oxygen atoms in total. The molecular weight excluding hydrogens is 387 g/mol. The Hall–Kier alpha value is -1.95. The van der Waals surface area contributed by atoms with Crippen LogP contribution in [0.25, 0.3) is 0 Å². The van der Waals surface area contributed by atoms with Crippen molar-refractivity contribution >= 4 is 46.9 Å². The van der Waals surface area contributed by atoms with Crippen LogP contribution in [0.2, 0.25) is 15.1 Å². The van der Waals surface area contributed by atoms with Gasteiger partial charge in [-0.1, -0.05) is 40.9 Å². The molecule has 0 saturated heterocycles. The van der Waals surface area contributed by atoms with E-state index in [1.807, 2.05) is 6.92 Å². The number of benzene rings is 2. The van der Waals surface area contributed by atoms with E-state index < -0.39 is 5.91 Å². The summed E-state index contributed by atoms with van der Waals surface area (Å²) in [6.45, 7) is 3.97. The number of hydrazone groups is 1. The molecule has 2 N–H and O–H groups in total. The van der Waals surface area contributed by atoms with Crippen molar-refractivity contribution in [2.45, 2.75) is 13.8 Å². The number of nitrogens with one attached hydrogen (secondary N) is 1. The molecule has 0 saturated carbocycles. The van der Waals surface area contributed by atoms with Gasteiger partial charge in [-0.25, -0.2) is 5.43 Å². The van der Waals surface area contributed by atoms with Gasteiger partial charge in [0.25, 0.3) is 5.91 Å². The summed E-state index contributed by atoms with van der Waals surface area (Å²) in [5, 5.41) is 14.6. The number of hydrogen-bond acceptors (Lipinski definition) is 4. The number of aryl methyl sites for hydroxylation is 1. The summed E-state index contributed by atoms with van der Waals surface area (Å²) in [6, 6.07) is 6.44. The van der Waals surface area contributed by atoms with Gasteiger partial charge in [0, 0.05) is 6.07 Å². The summed E-state index contributed by atoms with van der Waals surface area (Å²) in [4.78, 5) is 12.1. The first-order valence-electron chi connectivity index (χ1n) is 7.28. The van der Waals surface area contributed by atoms with Crippen LogP contribution in [0.5, 0.6) is 11.5 Å². The van der Waals surface area contributed by atoms with Crippen molar-refractivity contribution in [3.8, 4) is 11.5 Å². The lowest BCUT2D eigenvalue weighted by molar-refractivity contribution is 0.0955. The molecule has 0 spiro atoms. The van der Waals surface area contributed by atoms with Gasteiger partial charge < -0.3 is 9.84 Å². The number of hydrogen-bond donors (Lipinski definition) is 2. The quantitative estimate of drug-likeness (QED) is 0.557. The Morgan fingerprint density at radius 2 is 2.00 bits per heavy atom. The number of phenols is 1. The highest BCUT2D eigenvalue weighted by molar-refractivity contribution is 6.44. The highest BCUT2D eigenvalue weighted by atomic mass is 35.5. The molecule has 2 rings (SSSR count). The van der Waals surface area contributed by atoms with Crippen molar-refractivity contribution in [3.05, 3.63) is 56.0 Å². The molecule has 2 aromatic rings. The maximum atomic E-state index is 12.1. The first kappa shape index (κ1) is 19.4. The minimum atomic E-state index is -0.496. The van der Waals surface area contributed by atoms with Gasteiger partial charge in [0.1, 0.15) is 0 Å². The zero-order chi connectivity index (χ0) is 18.6. The van der Waals surface area contributed by atoms with Crippen molar-refractivity contribution in [1.82, 2.24) is 5.43 Å². The normalized spacial score (nSPS) is 10.9. The number of carbonyl (C=O) groups is 1. The minimum Gasteiger partial charge on any atom is -0.504 e. The Kier molecular flexibility index (Phi) is 6.53. The van der Waals surface area contributed by atoms with E-state index in [1.54, 1.807) is 25.1 Å². The third kappa shape index (κ3) is 4.57. The molecule has 0 aliphatic carbocycles. The average Bonchev–Trinajstić information content (AvgIpc) is 2.55. The van der Waals surface area contributed by atoms with Gasteiger partial charge in [0.05, 0.1) is 39.0 Å². The first-order valence-corrected chi connectivity index (χ1v) is 8.41. The number of halogens is 3. The van der Waals surface area contributed by atoms with Crippen LogP contribution in [0.3, 0.4) is 0 Å². The molecule has 0 atom stereocenters. The molecule has 25 heavy (non-hydrogen) atoms. The average molecular weight is 402 g/mol. The number of rotatable bonds is 5. The topological polar surface area (TPSA) is 70.9 Å². The summed E-state index contributed by atoms with van der Waals surface area (Å²) in [5.74, 6) is -0.544. The number of phenolic OH excluding ortho intramolecular Hbond substituents is 1. The summed E-state index contributed by atoms with van der Waals surface area (Å²) in [5.41, 5.74) is 3.67. The third-order valence-electron chi connectivity index (χ3n) is 3.22. The predicted molar refractivity (Wildman–Crippen MR) is 101 cm³/mol. The van der Waals surface area contributed by atoms with Gasteiger partial charge in [-0.05, 0) is 31.5 Å². The van der Waals surface area contributed by atoms with E-state index in [2.05, 4.69) is 10.5 Å². The Labute approximate surface area is 160 Å². The molecule has 8 heteroatoms. The molecule has 0 heterocycles. The third-order valence-corrected chi connectivity index (χ3v) is 4.34. The Morgan fingerprint density at radius 3 is 2.64 bits per heavy atom. The molecular formula is C17H15Cl3N2O3. The van der Waals surface area contributed by atoms with Gasteiger partial charge in [-0.2, -0.15) is 5.10 Å². The van der Waals surface area contributed by atoms with E-state index in [9.17, 15) is 9.90 Å². The van der Waals surface area contributed by atoms with E-state index in [0.717, 1.165) is 5.56 Å². The fourth-order valence-corrected chi connectivity index (χ4v) is 2.73. The molecule has 0 fully saturated rings. The van der Waals surface area contributed by atoms with Crippen molar-refractivity contribution in [1.29, 1.82) is 0 Å². The standard InChI is InChI=1S/C17H15Cl3N2O3/c1-3-25-14-7-13(19)15(20)11(16(14)23)8-21-22-17(24)10-5-4-9(2)6-12(10)18/h4-8,23H,3H2,1-2H3,(H,22,24)/b21-8-. The van der Waals surface area contributed by atoms with Crippen LogP contribution >= 0.6 is 34.8 Å². The second-order valence-electron chi connectivity index (χ2n) is 5.05. The SMILES string of the molecule is CCOc1cc(Cl)c(Cl)c(/C=N\NC(=O)c2ccc(C)cc2Cl)c1O. The van der Waals surface area contributed by atoms with Crippen molar-refractivity contribution in [2.75, 3.05) is 6.61 Å². The maximum absolute atomic E-state index is 12.1. The molecule has 0 aliphatic heterocycles. The largest absolute Gasteiger partial charge is 0.504 e. The second kappa shape index (κ2) is 8.43. The van der Waals surface area contributed by atoms with Crippen molar-refractivity contribution in [3.63, 3.8) is 0 Å². The molecule has 0 aliphatic rings. The van der Waals surface area contributed by atoms with Gasteiger partial charge in [-0.15, -0.1) is 0 Å². The van der Waals surface area contributed by atoms with Crippen LogP contribution in [-0.2, 0) is 0 Å². The zero-order valence-electron chi connectivity index (χ0n) is 13.4. The highest BCUT2D eigenvalue weighted by Gasteiger charge is 2.16. The van der Waals surface area contributed by atoms with Crippen LogP contribution in [0.4, 0.5) is 0 Å². The molecule has 132 valence electrons. The molecule has 0 bridgehead atoms. The fourth-order valence-electron chi connectivity index (χ4n) is 2.02. The smallest absolute Gasteiger partial charge is 0.272 e. The Balaban J connectivity index is 2.23. The molecule has 0 radical (unpaired) electrons. The van der Waals surface area contributed by atoms with Crippen LogP contribution in [-0.4, -0.2) is 23.8 Å². The summed E-state index contributed by atoms with van der Waals surface area (Å²) < 4.78 is 5.28. The van der Waals surface area contributed by atoms with Crippen LogP contribution in [0.1, 0.15) is 28.4 Å². The van der Waals surface area contributed by atoms with Crippen LogP contribution < -0.4 is 10.2 Å². The second-order valence-corrected chi connectivity index (χ2v) is 6.24. The van der Waals surface area contributed by atoms with Crippen molar-refractivity contribution < 1.29 is 14.6 Å². The number of aromatic hydroxyl groups is 1.